The minimum atomic E-state index is -0.978. The molecule has 1 fully saturated rings. The summed E-state index contributed by atoms with van der Waals surface area (Å²) in [5.41, 5.74) is 2.31. The lowest BCUT2D eigenvalue weighted by Crippen LogP contribution is -2.29. The van der Waals surface area contributed by atoms with Crippen molar-refractivity contribution in [2.24, 2.45) is 17.8 Å². The van der Waals surface area contributed by atoms with Crippen molar-refractivity contribution in [1.82, 2.24) is 0 Å². The Bertz CT molecular complexity index is 868. The molecule has 38 heavy (non-hydrogen) atoms. The smallest absolute Gasteiger partial charge is 0.341 e. The molecule has 5 atom stereocenters. The third kappa shape index (κ3) is 9.29. The van der Waals surface area contributed by atoms with E-state index in [-0.39, 0.29) is 30.7 Å². The van der Waals surface area contributed by atoms with E-state index in [1.165, 1.54) is 44.1 Å². The summed E-state index contributed by atoms with van der Waals surface area (Å²) in [6.07, 6.45) is 15.7. The highest BCUT2D eigenvalue weighted by Crippen LogP contribution is 2.48. The third-order valence-corrected chi connectivity index (χ3v) is 8.68. The lowest BCUT2D eigenvalue weighted by atomic mass is 9.73. The van der Waals surface area contributed by atoms with Gasteiger partial charge in [0.05, 0.1) is 6.10 Å². The number of rotatable bonds is 18. The SMILES string of the molecule is CCCCCCCCC[C@@H](CC[C@@H]1[C@H]2Cc3cccc(OCC(=O)O)c3C[C@H]2C[C@H]1O)OC(=O)CCCC. The average Bonchev–Trinajstić information content (AvgIpc) is 3.20. The Morgan fingerprint density at radius 2 is 1.71 bits per heavy atom. The minimum Gasteiger partial charge on any atom is -0.482 e. The van der Waals surface area contributed by atoms with Gasteiger partial charge >= 0.3 is 11.9 Å². The van der Waals surface area contributed by atoms with E-state index in [0.29, 0.717) is 24.0 Å². The van der Waals surface area contributed by atoms with Crippen LogP contribution in [0.4, 0.5) is 0 Å². The number of fused-ring (bicyclic) bond motifs is 2. The molecule has 0 amide bonds. The highest BCUT2D eigenvalue weighted by atomic mass is 16.5. The number of aliphatic hydroxyl groups excluding tert-OH is 1. The first-order valence-electron chi connectivity index (χ1n) is 15.3. The second-order valence-corrected chi connectivity index (χ2v) is 11.6. The van der Waals surface area contributed by atoms with Gasteiger partial charge in [-0.1, -0.05) is 70.9 Å². The molecule has 0 saturated heterocycles. The zero-order valence-electron chi connectivity index (χ0n) is 23.7. The summed E-state index contributed by atoms with van der Waals surface area (Å²) in [6.45, 7) is 3.98. The van der Waals surface area contributed by atoms with E-state index in [4.69, 9.17) is 14.6 Å². The van der Waals surface area contributed by atoms with Crippen molar-refractivity contribution in [3.8, 4) is 5.75 Å². The van der Waals surface area contributed by atoms with Gasteiger partial charge in [-0.05, 0) is 86.3 Å². The van der Waals surface area contributed by atoms with Crippen LogP contribution in [0.15, 0.2) is 18.2 Å². The maximum atomic E-state index is 12.5. The Balaban J connectivity index is 1.57. The lowest BCUT2D eigenvalue weighted by molar-refractivity contribution is -0.150. The second-order valence-electron chi connectivity index (χ2n) is 11.6. The number of ether oxygens (including phenoxy) is 2. The van der Waals surface area contributed by atoms with Gasteiger partial charge in [0.2, 0.25) is 0 Å². The van der Waals surface area contributed by atoms with Crippen molar-refractivity contribution in [3.05, 3.63) is 29.3 Å². The summed E-state index contributed by atoms with van der Waals surface area (Å²) >= 11 is 0. The van der Waals surface area contributed by atoms with Crippen LogP contribution in [0.1, 0.15) is 115 Å². The van der Waals surface area contributed by atoms with Crippen LogP contribution in [0.3, 0.4) is 0 Å². The molecular formula is C32H50O6. The summed E-state index contributed by atoms with van der Waals surface area (Å²) in [5, 5.41) is 20.1. The van der Waals surface area contributed by atoms with Crippen molar-refractivity contribution in [2.45, 2.75) is 129 Å². The molecule has 0 radical (unpaired) electrons. The summed E-state index contributed by atoms with van der Waals surface area (Å²) < 4.78 is 11.5. The quantitative estimate of drug-likeness (QED) is 0.159. The normalized spacial score (nSPS) is 22.9. The van der Waals surface area contributed by atoms with Gasteiger partial charge in [-0.3, -0.25) is 4.79 Å². The Hall–Kier alpha value is -2.08. The van der Waals surface area contributed by atoms with E-state index >= 15 is 0 Å². The monoisotopic (exact) mass is 530 g/mol. The van der Waals surface area contributed by atoms with Crippen LogP contribution in [0, 0.1) is 17.8 Å². The van der Waals surface area contributed by atoms with E-state index in [0.717, 1.165) is 63.4 Å². The molecule has 1 saturated carbocycles. The van der Waals surface area contributed by atoms with Crippen molar-refractivity contribution in [2.75, 3.05) is 6.61 Å². The Kier molecular flexibility index (Phi) is 12.9. The van der Waals surface area contributed by atoms with Crippen molar-refractivity contribution < 1.29 is 29.3 Å². The van der Waals surface area contributed by atoms with Crippen molar-refractivity contribution in [1.29, 1.82) is 0 Å². The highest BCUT2D eigenvalue weighted by Gasteiger charge is 2.45. The summed E-state index contributed by atoms with van der Waals surface area (Å²) in [7, 11) is 0. The highest BCUT2D eigenvalue weighted by molar-refractivity contribution is 5.69. The molecule has 0 spiro atoms. The molecule has 3 rings (SSSR count). The molecule has 0 aromatic heterocycles. The van der Waals surface area contributed by atoms with Crippen LogP contribution >= 0.6 is 0 Å². The first kappa shape index (κ1) is 30.5. The molecule has 2 N–H and O–H groups in total. The predicted octanol–water partition coefficient (Wildman–Crippen LogP) is 6.88. The van der Waals surface area contributed by atoms with E-state index < -0.39 is 5.97 Å². The second kappa shape index (κ2) is 16.1. The van der Waals surface area contributed by atoms with E-state index in [1.54, 1.807) is 0 Å². The number of hydrogen-bond acceptors (Lipinski definition) is 5. The van der Waals surface area contributed by atoms with Gasteiger partial charge in [-0.25, -0.2) is 4.79 Å². The summed E-state index contributed by atoms with van der Waals surface area (Å²) in [4.78, 5) is 23.5. The third-order valence-electron chi connectivity index (χ3n) is 8.68. The number of carboxylic acids is 1. The molecule has 214 valence electrons. The number of aliphatic carboxylic acids is 1. The van der Waals surface area contributed by atoms with Crippen molar-refractivity contribution in [3.63, 3.8) is 0 Å². The van der Waals surface area contributed by atoms with Gasteiger partial charge in [0, 0.05) is 6.42 Å². The van der Waals surface area contributed by atoms with Crippen LogP contribution in [-0.4, -0.2) is 41.0 Å². The topological polar surface area (TPSA) is 93.1 Å². The number of aliphatic hydroxyl groups is 1. The molecule has 0 heterocycles. The van der Waals surface area contributed by atoms with Crippen LogP contribution < -0.4 is 4.74 Å². The molecule has 1 aromatic rings. The zero-order valence-corrected chi connectivity index (χ0v) is 23.7. The number of esters is 1. The van der Waals surface area contributed by atoms with E-state index in [1.807, 2.05) is 12.1 Å². The minimum absolute atomic E-state index is 0.0619. The first-order valence-corrected chi connectivity index (χ1v) is 15.3. The maximum absolute atomic E-state index is 12.5. The van der Waals surface area contributed by atoms with Gasteiger partial charge in [0.1, 0.15) is 11.9 Å². The number of unbranched alkanes of at least 4 members (excludes halogenated alkanes) is 7. The number of carbonyl (C=O) groups is 2. The standard InChI is InChI=1S/C32H50O6/c1-3-5-7-8-9-10-11-14-25(38-32(36)16-6-4-2)17-18-26-27-19-23-13-12-15-30(37-22-31(34)35)28(23)20-24(27)21-29(26)33/h12-13,15,24-27,29,33H,3-11,14,16-22H2,1-2H3,(H,34,35)/t24-,25-,26+,27-,29+/m0/s1. The molecule has 0 aliphatic heterocycles. The summed E-state index contributed by atoms with van der Waals surface area (Å²) in [6, 6.07) is 5.90. The van der Waals surface area contributed by atoms with E-state index in [9.17, 15) is 14.7 Å². The van der Waals surface area contributed by atoms with Crippen LogP contribution in [0.25, 0.3) is 0 Å². The predicted molar refractivity (Wildman–Crippen MR) is 149 cm³/mol. The lowest BCUT2D eigenvalue weighted by Gasteiger charge is -2.32. The molecule has 2 aliphatic carbocycles. The van der Waals surface area contributed by atoms with Gasteiger partial charge < -0.3 is 19.7 Å². The van der Waals surface area contributed by atoms with Crippen LogP contribution in [0.2, 0.25) is 0 Å². The van der Waals surface area contributed by atoms with Gasteiger partial charge in [0.25, 0.3) is 0 Å². The molecular weight excluding hydrogens is 480 g/mol. The molecule has 0 unspecified atom stereocenters. The molecule has 6 nitrogen and oxygen atoms in total. The number of carbonyl (C=O) groups excluding carboxylic acids is 1. The molecule has 2 aliphatic rings. The number of benzene rings is 1. The fourth-order valence-electron chi connectivity index (χ4n) is 6.61. The Morgan fingerprint density at radius 1 is 0.974 bits per heavy atom. The zero-order chi connectivity index (χ0) is 27.3. The fourth-order valence-corrected chi connectivity index (χ4v) is 6.61. The molecule has 6 heteroatoms. The number of carboxylic acid groups (broad SMARTS) is 1. The number of hydrogen-bond donors (Lipinski definition) is 2. The summed E-state index contributed by atoms with van der Waals surface area (Å²) in [5.74, 6) is 0.560. The van der Waals surface area contributed by atoms with Gasteiger partial charge in [-0.15, -0.1) is 0 Å². The molecule has 1 aromatic carbocycles. The Labute approximate surface area is 229 Å². The maximum Gasteiger partial charge on any atom is 0.341 e. The molecule has 0 bridgehead atoms. The van der Waals surface area contributed by atoms with Crippen LogP contribution in [-0.2, 0) is 27.2 Å². The largest absolute Gasteiger partial charge is 0.482 e. The first-order chi connectivity index (χ1) is 18.4. The van der Waals surface area contributed by atoms with Crippen molar-refractivity contribution >= 4 is 11.9 Å². The van der Waals surface area contributed by atoms with E-state index in [2.05, 4.69) is 19.9 Å². The van der Waals surface area contributed by atoms with Gasteiger partial charge in [-0.2, -0.15) is 0 Å². The fraction of sp³-hybridized carbons (Fsp3) is 0.750. The van der Waals surface area contributed by atoms with Crippen LogP contribution in [0.5, 0.6) is 5.75 Å². The Morgan fingerprint density at radius 3 is 2.45 bits per heavy atom. The average molecular weight is 531 g/mol. The van der Waals surface area contributed by atoms with Gasteiger partial charge in [0.15, 0.2) is 6.61 Å².